The Morgan fingerprint density at radius 1 is 0.976 bits per heavy atom. The summed E-state index contributed by atoms with van der Waals surface area (Å²) in [5.41, 5.74) is 0.997. The quantitative estimate of drug-likeness (QED) is 0.301. The second kappa shape index (κ2) is 13.9. The topological polar surface area (TPSA) is 96.0 Å². The van der Waals surface area contributed by atoms with Crippen molar-refractivity contribution in [2.24, 2.45) is 0 Å². The Kier molecular flexibility index (Phi) is 10.3. The van der Waals surface area contributed by atoms with E-state index in [-0.39, 0.29) is 23.4 Å². The highest BCUT2D eigenvalue weighted by Gasteiger charge is 2.34. The highest BCUT2D eigenvalue weighted by molar-refractivity contribution is 7.92. The van der Waals surface area contributed by atoms with Gasteiger partial charge in [-0.2, -0.15) is 0 Å². The van der Waals surface area contributed by atoms with Crippen molar-refractivity contribution in [2.75, 3.05) is 18.0 Å². The van der Waals surface area contributed by atoms with Crippen molar-refractivity contribution in [3.63, 3.8) is 0 Å². The van der Waals surface area contributed by atoms with Gasteiger partial charge in [0.1, 0.15) is 18.3 Å². The summed E-state index contributed by atoms with van der Waals surface area (Å²) < 4.78 is 34.1. The number of methoxy groups -OCH3 is 1. The van der Waals surface area contributed by atoms with Crippen molar-refractivity contribution >= 4 is 39.1 Å². The van der Waals surface area contributed by atoms with Crippen LogP contribution in [0.1, 0.15) is 44.6 Å². The lowest BCUT2D eigenvalue weighted by Crippen LogP contribution is -2.53. The Balaban J connectivity index is 1.70. The van der Waals surface area contributed by atoms with E-state index in [9.17, 15) is 18.0 Å². The van der Waals surface area contributed by atoms with E-state index in [1.54, 1.807) is 60.7 Å². The van der Waals surface area contributed by atoms with E-state index in [1.165, 1.54) is 24.1 Å². The fourth-order valence-electron chi connectivity index (χ4n) is 5.10. The van der Waals surface area contributed by atoms with Crippen molar-refractivity contribution in [2.45, 2.75) is 62.6 Å². The third kappa shape index (κ3) is 7.40. The lowest BCUT2D eigenvalue weighted by Gasteiger charge is -2.34. The summed E-state index contributed by atoms with van der Waals surface area (Å²) in [4.78, 5) is 29.1. The predicted molar refractivity (Wildman–Crippen MR) is 160 cm³/mol. The van der Waals surface area contributed by atoms with Crippen LogP contribution in [0.5, 0.6) is 5.75 Å². The van der Waals surface area contributed by atoms with Crippen molar-refractivity contribution in [3.8, 4) is 5.75 Å². The van der Waals surface area contributed by atoms with Gasteiger partial charge in [-0.15, -0.1) is 0 Å². The molecule has 3 aromatic rings. The van der Waals surface area contributed by atoms with E-state index >= 15 is 0 Å². The van der Waals surface area contributed by atoms with E-state index in [2.05, 4.69) is 5.32 Å². The van der Waals surface area contributed by atoms with Crippen LogP contribution >= 0.6 is 11.6 Å². The fraction of sp³-hybridized carbons (Fsp3) is 0.355. The van der Waals surface area contributed by atoms with Gasteiger partial charge in [-0.1, -0.05) is 67.8 Å². The monoisotopic (exact) mass is 597 g/mol. The zero-order valence-corrected chi connectivity index (χ0v) is 24.9. The summed E-state index contributed by atoms with van der Waals surface area (Å²) in [5, 5.41) is 3.57. The predicted octanol–water partition coefficient (Wildman–Crippen LogP) is 5.41. The van der Waals surface area contributed by atoms with Crippen LogP contribution in [-0.2, 0) is 26.2 Å². The van der Waals surface area contributed by atoms with Crippen LogP contribution in [0.2, 0.25) is 5.02 Å². The molecule has 218 valence electrons. The van der Waals surface area contributed by atoms with Gasteiger partial charge < -0.3 is 15.0 Å². The second-order valence-corrected chi connectivity index (χ2v) is 12.3. The molecule has 0 heterocycles. The number of nitrogens with one attached hydrogen (secondary N) is 1. The number of carbonyl (C=O) groups excluding carboxylic acids is 2. The van der Waals surface area contributed by atoms with Crippen LogP contribution in [0.15, 0.2) is 83.8 Å². The minimum Gasteiger partial charge on any atom is -0.497 e. The van der Waals surface area contributed by atoms with Gasteiger partial charge in [0.15, 0.2) is 0 Å². The molecule has 1 unspecified atom stereocenters. The standard InChI is InChI=1S/C31H36ClN3O5S/c1-3-29(31(37)33-24-12-8-9-13-24)34(21-23-11-7-10-16-28(23)32)30(36)22-35(25-14-5-4-6-15-25)41(38,39)27-19-17-26(40-2)18-20-27/h4-7,10-11,14-20,24,29H,3,8-9,12-13,21-22H2,1-2H3,(H,33,37). The van der Waals surface area contributed by atoms with Crippen molar-refractivity contribution in [3.05, 3.63) is 89.4 Å². The van der Waals surface area contributed by atoms with Crippen LogP contribution in [0.25, 0.3) is 0 Å². The van der Waals surface area contributed by atoms with Crippen LogP contribution in [0.3, 0.4) is 0 Å². The zero-order chi connectivity index (χ0) is 29.4. The molecule has 0 radical (unpaired) electrons. The second-order valence-electron chi connectivity index (χ2n) is 10.0. The molecule has 2 amide bonds. The summed E-state index contributed by atoms with van der Waals surface area (Å²) >= 11 is 6.46. The molecule has 0 bridgehead atoms. The normalized spacial score (nSPS) is 14.3. The molecular formula is C31H36ClN3O5S. The highest BCUT2D eigenvalue weighted by atomic mass is 35.5. The summed E-state index contributed by atoms with van der Waals surface area (Å²) in [6.45, 7) is 1.39. The van der Waals surface area contributed by atoms with E-state index in [4.69, 9.17) is 16.3 Å². The molecule has 1 N–H and O–H groups in total. The van der Waals surface area contributed by atoms with Crippen LogP contribution in [0, 0.1) is 0 Å². The van der Waals surface area contributed by atoms with Gasteiger partial charge in [0.25, 0.3) is 10.0 Å². The largest absolute Gasteiger partial charge is 0.497 e. The van der Waals surface area contributed by atoms with E-state index in [1.807, 2.05) is 13.0 Å². The van der Waals surface area contributed by atoms with Crippen molar-refractivity contribution in [1.82, 2.24) is 10.2 Å². The first-order valence-electron chi connectivity index (χ1n) is 13.8. The smallest absolute Gasteiger partial charge is 0.264 e. The number of halogens is 1. The Morgan fingerprint density at radius 3 is 2.22 bits per heavy atom. The summed E-state index contributed by atoms with van der Waals surface area (Å²) in [6, 6.07) is 20.9. The van der Waals surface area contributed by atoms with Gasteiger partial charge in [-0.3, -0.25) is 13.9 Å². The molecule has 0 aliphatic heterocycles. The molecule has 1 saturated carbocycles. The number of carbonyl (C=O) groups is 2. The van der Waals surface area contributed by atoms with E-state index in [0.717, 1.165) is 30.0 Å². The summed E-state index contributed by atoms with van der Waals surface area (Å²) in [7, 11) is -2.66. The number of sulfonamides is 1. The minimum absolute atomic E-state index is 0.0126. The lowest BCUT2D eigenvalue weighted by molar-refractivity contribution is -0.140. The molecule has 1 aliphatic carbocycles. The number of rotatable bonds is 12. The molecule has 4 rings (SSSR count). The maximum absolute atomic E-state index is 14.1. The maximum Gasteiger partial charge on any atom is 0.264 e. The molecule has 8 nitrogen and oxygen atoms in total. The van der Waals surface area contributed by atoms with Gasteiger partial charge in [-0.25, -0.2) is 8.42 Å². The van der Waals surface area contributed by atoms with Crippen molar-refractivity contribution in [1.29, 1.82) is 0 Å². The Labute approximate surface area is 247 Å². The number of amides is 2. The van der Waals surface area contributed by atoms with Gasteiger partial charge in [0.2, 0.25) is 11.8 Å². The zero-order valence-electron chi connectivity index (χ0n) is 23.3. The van der Waals surface area contributed by atoms with Crippen LogP contribution in [0.4, 0.5) is 5.69 Å². The molecule has 3 aromatic carbocycles. The molecule has 0 saturated heterocycles. The van der Waals surface area contributed by atoms with Crippen LogP contribution < -0.4 is 14.4 Å². The number of hydrogen-bond acceptors (Lipinski definition) is 5. The van der Waals surface area contributed by atoms with Crippen molar-refractivity contribution < 1.29 is 22.7 Å². The molecule has 41 heavy (non-hydrogen) atoms. The minimum atomic E-state index is -4.16. The number of nitrogens with zero attached hydrogens (tertiary/aromatic N) is 2. The SMILES string of the molecule is CCC(C(=O)NC1CCCC1)N(Cc1ccccc1Cl)C(=O)CN(c1ccccc1)S(=O)(=O)c1ccc(OC)cc1. The number of hydrogen-bond donors (Lipinski definition) is 1. The highest BCUT2D eigenvalue weighted by Crippen LogP contribution is 2.27. The van der Waals surface area contributed by atoms with Crippen LogP contribution in [-0.4, -0.2) is 50.9 Å². The average molecular weight is 598 g/mol. The number of para-hydroxylation sites is 1. The van der Waals surface area contributed by atoms with E-state index in [0.29, 0.717) is 28.4 Å². The Bertz CT molecular complexity index is 1430. The molecule has 1 fully saturated rings. The van der Waals surface area contributed by atoms with Gasteiger partial charge in [0.05, 0.1) is 17.7 Å². The molecule has 10 heteroatoms. The lowest BCUT2D eigenvalue weighted by atomic mass is 10.1. The third-order valence-corrected chi connectivity index (χ3v) is 9.51. The molecule has 0 spiro atoms. The first kappa shape index (κ1) is 30.4. The first-order chi connectivity index (χ1) is 19.7. The van der Waals surface area contributed by atoms with Gasteiger partial charge >= 0.3 is 0 Å². The Hall–Kier alpha value is -3.56. The number of benzene rings is 3. The number of anilines is 1. The van der Waals surface area contributed by atoms with Gasteiger partial charge in [0, 0.05) is 17.6 Å². The van der Waals surface area contributed by atoms with E-state index < -0.39 is 28.5 Å². The summed E-state index contributed by atoms with van der Waals surface area (Å²) in [5.74, 6) is -0.250. The first-order valence-corrected chi connectivity index (χ1v) is 15.6. The molecule has 0 aromatic heterocycles. The maximum atomic E-state index is 14.1. The summed E-state index contributed by atoms with van der Waals surface area (Å²) in [6.07, 6.45) is 4.27. The molecule has 1 atom stereocenters. The Morgan fingerprint density at radius 2 is 1.61 bits per heavy atom. The molecule has 1 aliphatic rings. The molecular weight excluding hydrogens is 562 g/mol. The fourth-order valence-corrected chi connectivity index (χ4v) is 6.70. The average Bonchev–Trinajstić information content (AvgIpc) is 3.50. The van der Waals surface area contributed by atoms with Gasteiger partial charge in [-0.05, 0) is 67.3 Å². The number of ether oxygens (including phenoxy) is 1. The third-order valence-electron chi connectivity index (χ3n) is 7.36.